The highest BCUT2D eigenvalue weighted by Gasteiger charge is 2.26. The molecule has 2 N–H and O–H groups in total. The molecule has 1 aromatic heterocycles. The van der Waals surface area contributed by atoms with Crippen molar-refractivity contribution in [2.45, 2.75) is 23.9 Å². The van der Waals surface area contributed by atoms with Crippen molar-refractivity contribution < 1.29 is 4.79 Å². The Balaban J connectivity index is 1.87. The summed E-state index contributed by atoms with van der Waals surface area (Å²) in [6.07, 6.45) is 2.53. The highest BCUT2D eigenvalue weighted by molar-refractivity contribution is 9.10. The first-order chi connectivity index (χ1) is 11.6. The van der Waals surface area contributed by atoms with Crippen LogP contribution in [0.5, 0.6) is 0 Å². The zero-order chi connectivity index (χ0) is 16.7. The first-order valence-electron chi connectivity index (χ1n) is 7.69. The first kappa shape index (κ1) is 15.7. The number of nitrogens with zero attached hydrogens (tertiary/aromatic N) is 3. The zero-order valence-corrected chi connectivity index (χ0v) is 15.2. The summed E-state index contributed by atoms with van der Waals surface area (Å²) in [5, 5.41) is 11.3. The van der Waals surface area contributed by atoms with E-state index >= 15 is 0 Å². The summed E-state index contributed by atoms with van der Waals surface area (Å²) in [6.45, 7) is 0. The van der Waals surface area contributed by atoms with Crippen LogP contribution in [-0.4, -0.2) is 26.4 Å². The van der Waals surface area contributed by atoms with E-state index in [-0.39, 0.29) is 11.7 Å². The zero-order valence-electron chi connectivity index (χ0n) is 12.8. The van der Waals surface area contributed by atoms with Gasteiger partial charge in [-0.3, -0.25) is 9.36 Å². The molecule has 1 heterocycles. The molecule has 5 nitrogen and oxygen atoms in total. The number of carbonyl (C=O) groups excluding carboxylic acids is 1. The van der Waals surface area contributed by atoms with Crippen molar-refractivity contribution in [1.29, 1.82) is 0 Å². The molecule has 0 bridgehead atoms. The molecule has 0 saturated heterocycles. The first-order valence-corrected chi connectivity index (χ1v) is 9.47. The lowest BCUT2D eigenvalue weighted by atomic mass is 9.99. The van der Waals surface area contributed by atoms with E-state index in [0.717, 1.165) is 11.1 Å². The minimum absolute atomic E-state index is 0.170. The fourth-order valence-corrected chi connectivity index (χ4v) is 4.18. The summed E-state index contributed by atoms with van der Waals surface area (Å²) >= 11 is 4.75. The molecule has 1 aliphatic rings. The molecule has 1 amide bonds. The topological polar surface area (TPSA) is 73.8 Å². The van der Waals surface area contributed by atoms with Gasteiger partial charge >= 0.3 is 0 Å². The Bertz CT molecular complexity index is 935. The molecule has 0 radical (unpaired) electrons. The van der Waals surface area contributed by atoms with Gasteiger partial charge in [-0.1, -0.05) is 42.1 Å². The van der Waals surface area contributed by atoms with Crippen molar-refractivity contribution in [3.8, 4) is 5.69 Å². The summed E-state index contributed by atoms with van der Waals surface area (Å²) in [5.74, 6) is 0.472. The number of hydrogen-bond acceptors (Lipinski definition) is 4. The van der Waals surface area contributed by atoms with Gasteiger partial charge in [-0.25, -0.2) is 0 Å². The maximum absolute atomic E-state index is 11.1. The minimum atomic E-state index is -0.375. The molecule has 122 valence electrons. The molecule has 24 heavy (non-hydrogen) atoms. The number of benzene rings is 2. The number of carbonyl (C=O) groups is 1. The molecular weight excluding hydrogens is 388 g/mol. The second-order valence-electron chi connectivity index (χ2n) is 5.84. The molecule has 3 aromatic rings. The molecule has 1 aliphatic carbocycles. The average molecular weight is 403 g/mol. The monoisotopic (exact) mass is 402 g/mol. The number of hydrogen-bond donors (Lipinski definition) is 1. The van der Waals surface area contributed by atoms with E-state index in [0.29, 0.717) is 15.8 Å². The maximum Gasteiger partial charge on any atom is 0.227 e. The van der Waals surface area contributed by atoms with E-state index in [1.54, 1.807) is 0 Å². The van der Waals surface area contributed by atoms with Crippen molar-refractivity contribution in [2.24, 2.45) is 5.73 Å². The van der Waals surface area contributed by atoms with Crippen LogP contribution in [0.25, 0.3) is 16.5 Å². The third-order valence-corrected chi connectivity index (χ3v) is 5.59. The van der Waals surface area contributed by atoms with Crippen molar-refractivity contribution in [3.05, 3.63) is 46.7 Å². The summed E-state index contributed by atoms with van der Waals surface area (Å²) < 4.78 is 2.53. The number of primary amides is 1. The highest BCUT2D eigenvalue weighted by atomic mass is 79.9. The van der Waals surface area contributed by atoms with Crippen LogP contribution in [0.3, 0.4) is 0 Å². The summed E-state index contributed by atoms with van der Waals surface area (Å²) in [6, 6.07) is 12.7. The Labute approximate surface area is 151 Å². The van der Waals surface area contributed by atoms with Gasteiger partial charge in [0.15, 0.2) is 5.16 Å². The molecule has 0 atom stereocenters. The van der Waals surface area contributed by atoms with Crippen LogP contribution in [0.2, 0.25) is 0 Å². The predicted molar refractivity (Wildman–Crippen MR) is 98.5 cm³/mol. The van der Waals surface area contributed by atoms with E-state index < -0.39 is 0 Å². The molecule has 7 heteroatoms. The summed E-state index contributed by atoms with van der Waals surface area (Å²) in [5.41, 5.74) is 7.66. The van der Waals surface area contributed by atoms with Gasteiger partial charge in [0.2, 0.25) is 10.6 Å². The van der Waals surface area contributed by atoms with E-state index in [9.17, 15) is 4.79 Å². The number of rotatable bonds is 5. The SMILES string of the molecule is NC(=O)CSc1nnc(Br)n1-c1ccc(C2CC2)c2ccccc12. The van der Waals surface area contributed by atoms with Gasteiger partial charge in [-0.05, 0) is 51.7 Å². The van der Waals surface area contributed by atoms with Crippen molar-refractivity contribution in [1.82, 2.24) is 14.8 Å². The van der Waals surface area contributed by atoms with Gasteiger partial charge in [0.05, 0.1) is 11.4 Å². The number of aromatic nitrogens is 3. The largest absolute Gasteiger partial charge is 0.369 e. The Morgan fingerprint density at radius 3 is 2.67 bits per heavy atom. The van der Waals surface area contributed by atoms with E-state index in [2.05, 4.69) is 56.5 Å². The molecule has 0 spiro atoms. The maximum atomic E-state index is 11.1. The van der Waals surface area contributed by atoms with Crippen LogP contribution >= 0.6 is 27.7 Å². The molecule has 0 aliphatic heterocycles. The fourth-order valence-electron chi connectivity index (χ4n) is 2.94. The van der Waals surface area contributed by atoms with E-state index in [1.165, 1.54) is 35.6 Å². The van der Waals surface area contributed by atoms with Crippen LogP contribution in [0.15, 0.2) is 46.3 Å². The van der Waals surface area contributed by atoms with Gasteiger partial charge in [0.1, 0.15) is 0 Å². The summed E-state index contributed by atoms with van der Waals surface area (Å²) in [7, 11) is 0. The van der Waals surface area contributed by atoms with Crippen LogP contribution in [0, 0.1) is 0 Å². The van der Waals surface area contributed by atoms with Gasteiger partial charge in [-0.2, -0.15) is 0 Å². The Hall–Kier alpha value is -1.86. The quantitative estimate of drug-likeness (QED) is 0.661. The van der Waals surface area contributed by atoms with Crippen molar-refractivity contribution >= 4 is 44.4 Å². The number of fused-ring (bicyclic) bond motifs is 1. The minimum Gasteiger partial charge on any atom is -0.369 e. The van der Waals surface area contributed by atoms with Gasteiger partial charge in [0.25, 0.3) is 0 Å². The number of nitrogens with two attached hydrogens (primary N) is 1. The molecular formula is C17H15BrN4OS. The standard InChI is InChI=1S/C17H15BrN4OS/c18-16-20-21-17(24-9-15(19)23)22(16)14-8-7-11(10-5-6-10)12-3-1-2-4-13(12)14/h1-4,7-8,10H,5-6,9H2,(H2,19,23). The van der Waals surface area contributed by atoms with Crippen LogP contribution < -0.4 is 5.73 Å². The lowest BCUT2D eigenvalue weighted by Crippen LogP contribution is -2.13. The molecule has 4 rings (SSSR count). The van der Waals surface area contributed by atoms with Gasteiger partial charge in [-0.15, -0.1) is 10.2 Å². The molecule has 1 fully saturated rings. The predicted octanol–water partition coefficient (Wildman–Crippen LogP) is 3.64. The third kappa shape index (κ3) is 2.82. The van der Waals surface area contributed by atoms with Gasteiger partial charge in [0, 0.05) is 5.39 Å². The average Bonchev–Trinajstić information content (AvgIpc) is 3.35. The Kier molecular flexibility index (Phi) is 4.05. The van der Waals surface area contributed by atoms with E-state index in [4.69, 9.17) is 5.73 Å². The second-order valence-corrected chi connectivity index (χ2v) is 7.49. The van der Waals surface area contributed by atoms with Crippen LogP contribution in [0.1, 0.15) is 24.3 Å². The smallest absolute Gasteiger partial charge is 0.227 e. The number of thioether (sulfide) groups is 1. The molecule has 0 unspecified atom stereocenters. The highest BCUT2D eigenvalue weighted by Crippen LogP contribution is 2.44. The summed E-state index contributed by atoms with van der Waals surface area (Å²) in [4.78, 5) is 11.1. The third-order valence-electron chi connectivity index (χ3n) is 4.13. The molecule has 1 saturated carbocycles. The fraction of sp³-hybridized carbons (Fsp3) is 0.235. The Morgan fingerprint density at radius 1 is 1.21 bits per heavy atom. The lowest BCUT2D eigenvalue weighted by molar-refractivity contribution is -0.115. The van der Waals surface area contributed by atoms with E-state index in [1.807, 2.05) is 10.6 Å². The van der Waals surface area contributed by atoms with Crippen molar-refractivity contribution in [2.75, 3.05) is 5.75 Å². The molecule has 2 aromatic carbocycles. The lowest BCUT2D eigenvalue weighted by Gasteiger charge is -2.13. The van der Waals surface area contributed by atoms with Gasteiger partial charge < -0.3 is 5.73 Å². The number of halogens is 1. The normalized spacial score (nSPS) is 14.2. The van der Waals surface area contributed by atoms with Crippen LogP contribution in [0.4, 0.5) is 0 Å². The Morgan fingerprint density at radius 2 is 1.96 bits per heavy atom. The van der Waals surface area contributed by atoms with Crippen LogP contribution in [-0.2, 0) is 4.79 Å². The number of amides is 1. The second kappa shape index (κ2) is 6.22. The van der Waals surface area contributed by atoms with Crippen molar-refractivity contribution in [3.63, 3.8) is 0 Å².